The minimum absolute atomic E-state index is 0. The van der Waals surface area contributed by atoms with Gasteiger partial charge in [0.25, 0.3) is 0 Å². The molecule has 0 spiro atoms. The maximum Gasteiger partial charge on any atom is 0.191 e. The van der Waals surface area contributed by atoms with Crippen LogP contribution in [0.15, 0.2) is 4.99 Å². The van der Waals surface area contributed by atoms with Gasteiger partial charge in [0.05, 0.1) is 13.2 Å². The molecular weight excluding hydrogens is 331 g/mol. The SMILES string of the molecule is CC(CNC1=NCCCN1)N1CCOCC1.I. The molecule has 0 aromatic carbocycles. The van der Waals surface area contributed by atoms with Crippen LogP contribution in [-0.4, -0.2) is 62.8 Å². The van der Waals surface area contributed by atoms with Crippen molar-refractivity contribution in [2.75, 3.05) is 45.9 Å². The summed E-state index contributed by atoms with van der Waals surface area (Å²) in [6.45, 7) is 9.01. The maximum atomic E-state index is 5.35. The molecule has 2 aliphatic rings. The molecular formula is C11H23IN4O. The van der Waals surface area contributed by atoms with Gasteiger partial charge >= 0.3 is 0 Å². The third-order valence-electron chi connectivity index (χ3n) is 3.13. The summed E-state index contributed by atoms with van der Waals surface area (Å²) < 4.78 is 5.35. The average molecular weight is 354 g/mol. The van der Waals surface area contributed by atoms with E-state index in [0.717, 1.165) is 58.3 Å². The summed E-state index contributed by atoms with van der Waals surface area (Å²) in [7, 11) is 0. The van der Waals surface area contributed by atoms with Crippen LogP contribution in [0, 0.1) is 0 Å². The topological polar surface area (TPSA) is 48.9 Å². The molecule has 0 amide bonds. The number of ether oxygens (including phenoxy) is 1. The first-order chi connectivity index (χ1) is 7.86. The van der Waals surface area contributed by atoms with E-state index in [9.17, 15) is 0 Å². The Morgan fingerprint density at radius 2 is 2.24 bits per heavy atom. The maximum absolute atomic E-state index is 5.35. The quantitative estimate of drug-likeness (QED) is 0.715. The number of nitrogens with one attached hydrogen (secondary N) is 2. The Kier molecular flexibility index (Phi) is 7.14. The minimum atomic E-state index is 0. The molecule has 1 fully saturated rings. The van der Waals surface area contributed by atoms with Gasteiger partial charge in [0.1, 0.15) is 0 Å². The molecule has 2 aliphatic heterocycles. The van der Waals surface area contributed by atoms with Crippen molar-refractivity contribution in [1.82, 2.24) is 15.5 Å². The van der Waals surface area contributed by atoms with Gasteiger partial charge in [-0.15, -0.1) is 24.0 Å². The van der Waals surface area contributed by atoms with Crippen LogP contribution in [0.25, 0.3) is 0 Å². The molecule has 2 N–H and O–H groups in total. The van der Waals surface area contributed by atoms with Crippen LogP contribution < -0.4 is 10.6 Å². The lowest BCUT2D eigenvalue weighted by Crippen LogP contribution is -2.50. The van der Waals surface area contributed by atoms with Gasteiger partial charge in [-0.1, -0.05) is 0 Å². The third kappa shape index (κ3) is 4.97. The Labute approximate surface area is 120 Å². The molecule has 0 radical (unpaired) electrons. The zero-order valence-corrected chi connectivity index (χ0v) is 12.8. The Balaban J connectivity index is 0.00000144. The number of guanidine groups is 1. The first-order valence-corrected chi connectivity index (χ1v) is 6.20. The second-order valence-electron chi connectivity index (χ2n) is 4.39. The summed E-state index contributed by atoms with van der Waals surface area (Å²) in [5, 5.41) is 6.65. The summed E-state index contributed by atoms with van der Waals surface area (Å²) in [6.07, 6.45) is 1.14. The molecule has 0 aliphatic carbocycles. The van der Waals surface area contributed by atoms with E-state index in [2.05, 4.69) is 27.4 Å². The predicted molar refractivity (Wildman–Crippen MR) is 80.2 cm³/mol. The van der Waals surface area contributed by atoms with Gasteiger partial charge in [0.15, 0.2) is 5.96 Å². The van der Waals surface area contributed by atoms with Crippen molar-refractivity contribution in [1.29, 1.82) is 0 Å². The van der Waals surface area contributed by atoms with Crippen LogP contribution in [-0.2, 0) is 4.74 Å². The van der Waals surface area contributed by atoms with Gasteiger partial charge in [-0.3, -0.25) is 9.89 Å². The third-order valence-corrected chi connectivity index (χ3v) is 3.13. The minimum Gasteiger partial charge on any atom is -0.379 e. The molecule has 100 valence electrons. The van der Waals surface area contributed by atoms with Gasteiger partial charge < -0.3 is 15.4 Å². The van der Waals surface area contributed by atoms with Gasteiger partial charge in [-0.2, -0.15) is 0 Å². The summed E-state index contributed by atoms with van der Waals surface area (Å²) in [5.74, 6) is 0.964. The number of hydrogen-bond acceptors (Lipinski definition) is 5. The van der Waals surface area contributed by atoms with Gasteiger partial charge in [-0.05, 0) is 13.3 Å². The lowest BCUT2D eigenvalue weighted by molar-refractivity contribution is 0.0211. The van der Waals surface area contributed by atoms with E-state index in [1.54, 1.807) is 0 Å². The molecule has 0 aromatic heterocycles. The number of morpholine rings is 1. The highest BCUT2D eigenvalue weighted by Crippen LogP contribution is 2.02. The van der Waals surface area contributed by atoms with E-state index in [-0.39, 0.29) is 24.0 Å². The summed E-state index contributed by atoms with van der Waals surface area (Å²) >= 11 is 0. The van der Waals surface area contributed by atoms with E-state index >= 15 is 0 Å². The zero-order chi connectivity index (χ0) is 11.2. The molecule has 1 atom stereocenters. The van der Waals surface area contributed by atoms with E-state index in [1.165, 1.54) is 0 Å². The largest absolute Gasteiger partial charge is 0.379 e. The van der Waals surface area contributed by atoms with Crippen LogP contribution in [0.2, 0.25) is 0 Å². The van der Waals surface area contributed by atoms with Crippen LogP contribution in [0.3, 0.4) is 0 Å². The fourth-order valence-corrected chi connectivity index (χ4v) is 2.04. The number of rotatable bonds is 3. The van der Waals surface area contributed by atoms with Crippen molar-refractivity contribution in [2.45, 2.75) is 19.4 Å². The lowest BCUT2D eigenvalue weighted by Gasteiger charge is -2.32. The number of aliphatic imine (C=N–C) groups is 1. The fraction of sp³-hybridized carbons (Fsp3) is 0.909. The molecule has 2 heterocycles. The number of halogens is 1. The highest BCUT2D eigenvalue weighted by molar-refractivity contribution is 14.0. The second kappa shape index (κ2) is 8.10. The first kappa shape index (κ1) is 15.0. The molecule has 17 heavy (non-hydrogen) atoms. The molecule has 2 rings (SSSR count). The van der Waals surface area contributed by atoms with Gasteiger partial charge in [-0.25, -0.2) is 0 Å². The molecule has 1 unspecified atom stereocenters. The highest BCUT2D eigenvalue weighted by Gasteiger charge is 2.17. The van der Waals surface area contributed by atoms with E-state index in [4.69, 9.17) is 4.74 Å². The van der Waals surface area contributed by atoms with Crippen molar-refractivity contribution in [3.8, 4) is 0 Å². The van der Waals surface area contributed by atoms with Crippen molar-refractivity contribution in [3.05, 3.63) is 0 Å². The van der Waals surface area contributed by atoms with Gasteiger partial charge in [0, 0.05) is 38.8 Å². The van der Waals surface area contributed by atoms with E-state index in [0.29, 0.717) is 6.04 Å². The lowest BCUT2D eigenvalue weighted by atomic mass is 10.2. The average Bonchev–Trinajstić information content (AvgIpc) is 2.38. The molecule has 0 bridgehead atoms. The molecule has 5 nitrogen and oxygen atoms in total. The van der Waals surface area contributed by atoms with Crippen LogP contribution >= 0.6 is 24.0 Å². The molecule has 1 saturated heterocycles. The van der Waals surface area contributed by atoms with Crippen molar-refractivity contribution >= 4 is 29.9 Å². The predicted octanol–water partition coefficient (Wildman–Crippen LogP) is 0.264. The van der Waals surface area contributed by atoms with E-state index < -0.39 is 0 Å². The second-order valence-corrected chi connectivity index (χ2v) is 4.39. The monoisotopic (exact) mass is 354 g/mol. The number of nitrogens with zero attached hydrogens (tertiary/aromatic N) is 2. The molecule has 0 saturated carbocycles. The normalized spacial score (nSPS) is 23.0. The van der Waals surface area contributed by atoms with E-state index in [1.807, 2.05) is 0 Å². The van der Waals surface area contributed by atoms with Crippen molar-refractivity contribution < 1.29 is 4.74 Å². The Hall–Kier alpha value is -0.0800. The van der Waals surface area contributed by atoms with Crippen LogP contribution in [0.5, 0.6) is 0 Å². The van der Waals surface area contributed by atoms with Crippen molar-refractivity contribution in [2.24, 2.45) is 4.99 Å². The van der Waals surface area contributed by atoms with Gasteiger partial charge in [0.2, 0.25) is 0 Å². The summed E-state index contributed by atoms with van der Waals surface area (Å²) in [6, 6.07) is 0.537. The summed E-state index contributed by atoms with van der Waals surface area (Å²) in [4.78, 5) is 6.86. The van der Waals surface area contributed by atoms with Crippen LogP contribution in [0.1, 0.15) is 13.3 Å². The standard InChI is InChI=1S/C11H22N4O.HI/c1-10(15-5-7-16-8-6-15)9-14-11-12-3-2-4-13-11;/h10H,2-9H2,1H3,(H2,12,13,14);1H. The molecule has 0 aromatic rings. The zero-order valence-electron chi connectivity index (χ0n) is 10.4. The Morgan fingerprint density at radius 3 is 2.88 bits per heavy atom. The Morgan fingerprint density at radius 1 is 1.47 bits per heavy atom. The number of hydrogen-bond donors (Lipinski definition) is 2. The highest BCUT2D eigenvalue weighted by atomic mass is 127. The van der Waals surface area contributed by atoms with Crippen LogP contribution in [0.4, 0.5) is 0 Å². The fourth-order valence-electron chi connectivity index (χ4n) is 2.04. The molecule has 6 heteroatoms. The Bertz CT molecular complexity index is 244. The first-order valence-electron chi connectivity index (χ1n) is 6.20. The van der Waals surface area contributed by atoms with Crippen molar-refractivity contribution in [3.63, 3.8) is 0 Å². The smallest absolute Gasteiger partial charge is 0.191 e. The summed E-state index contributed by atoms with van der Waals surface area (Å²) in [5.41, 5.74) is 0.